The third kappa shape index (κ3) is 5.54. The average molecular weight is 281 g/mol. The fourth-order valence-electron chi connectivity index (χ4n) is 1.81. The second-order valence-corrected chi connectivity index (χ2v) is 6.50. The van der Waals surface area contributed by atoms with E-state index >= 15 is 0 Å². The zero-order chi connectivity index (χ0) is 12.7. The van der Waals surface area contributed by atoms with Crippen molar-refractivity contribution in [2.45, 2.75) is 38.0 Å². The smallest absolute Gasteiger partial charge is 0.207 e. The van der Waals surface area contributed by atoms with Crippen molar-refractivity contribution in [1.82, 2.24) is 4.67 Å². The number of halogens is 1. The zero-order valence-corrected chi connectivity index (χ0v) is 11.8. The topological polar surface area (TPSA) is 52.6 Å². The third-order valence-electron chi connectivity index (χ3n) is 2.73. The molecule has 0 N–H and O–H groups in total. The fraction of sp³-hybridized carbons (Fsp3) is 0.818. The monoisotopic (exact) mass is 280 g/mol. The Morgan fingerprint density at radius 1 is 1.41 bits per heavy atom. The van der Waals surface area contributed by atoms with E-state index in [9.17, 15) is 9.46 Å². The van der Waals surface area contributed by atoms with E-state index < -0.39 is 13.1 Å². The lowest BCUT2D eigenvalue weighted by molar-refractivity contribution is -0.212. The van der Waals surface area contributed by atoms with Gasteiger partial charge in [-0.1, -0.05) is 25.0 Å². The van der Waals surface area contributed by atoms with Gasteiger partial charge in [0.05, 0.1) is 12.0 Å². The molecule has 6 heteroatoms. The van der Waals surface area contributed by atoms with Crippen LogP contribution in [0.15, 0.2) is 12.2 Å². The van der Waals surface area contributed by atoms with Crippen LogP contribution in [0.3, 0.4) is 0 Å². The van der Waals surface area contributed by atoms with E-state index in [0.29, 0.717) is 13.1 Å². The molecule has 0 radical (unpaired) electrons. The molecule has 0 aliphatic carbocycles. The normalized spacial score (nSPS) is 24.4. The van der Waals surface area contributed by atoms with Gasteiger partial charge in [-0.15, -0.1) is 11.6 Å². The van der Waals surface area contributed by atoms with E-state index in [2.05, 4.69) is 0 Å². The Labute approximate surface area is 108 Å². The summed E-state index contributed by atoms with van der Waals surface area (Å²) in [6.45, 7) is 2.97. The minimum Gasteiger partial charge on any atom is -0.766 e. The predicted molar refractivity (Wildman–Crippen MR) is 68.1 cm³/mol. The Balaban J connectivity index is 2.45. The molecule has 0 aromatic rings. The van der Waals surface area contributed by atoms with Crippen molar-refractivity contribution in [3.63, 3.8) is 0 Å². The number of hydrogen-bond acceptors (Lipinski definition) is 3. The summed E-state index contributed by atoms with van der Waals surface area (Å²) in [5, 5.41) is -0.394. The summed E-state index contributed by atoms with van der Waals surface area (Å²) in [7, 11) is -3.91. The molecule has 0 aromatic carbocycles. The van der Waals surface area contributed by atoms with E-state index in [0.717, 1.165) is 25.7 Å². The van der Waals surface area contributed by atoms with Gasteiger partial charge in [-0.3, -0.25) is 4.57 Å². The standard InChI is InChI=1S/C11H21ClNO3P/c1-2-7-11(12)10-16-17(14,15)13-8-5-3-4-6-9-13/h2,7,11H,3-6,8-10H2,1H3,(H,14,15)/p-1. The molecule has 0 amide bonds. The van der Waals surface area contributed by atoms with Crippen LogP contribution in [0.2, 0.25) is 0 Å². The molecule has 1 saturated heterocycles. The van der Waals surface area contributed by atoms with E-state index in [1.807, 2.05) is 6.92 Å². The van der Waals surface area contributed by atoms with Gasteiger partial charge in [0, 0.05) is 13.1 Å². The third-order valence-corrected chi connectivity index (χ3v) is 4.57. The zero-order valence-electron chi connectivity index (χ0n) is 10.2. The molecular formula is C11H20ClNO3P-. The molecule has 1 aliphatic heterocycles. The van der Waals surface area contributed by atoms with Crippen LogP contribution in [0.1, 0.15) is 32.6 Å². The molecule has 1 rings (SSSR count). The molecule has 0 saturated carbocycles. The Bertz CT molecular complexity index is 290. The Morgan fingerprint density at radius 2 is 2.00 bits per heavy atom. The molecule has 2 unspecified atom stereocenters. The first-order valence-electron chi connectivity index (χ1n) is 6.04. The highest BCUT2D eigenvalue weighted by atomic mass is 35.5. The first kappa shape index (κ1) is 15.2. The van der Waals surface area contributed by atoms with E-state index in [1.54, 1.807) is 12.2 Å². The molecule has 0 aromatic heterocycles. The minimum absolute atomic E-state index is 0.00315. The Hall–Kier alpha value is 0.140. The van der Waals surface area contributed by atoms with Crippen LogP contribution in [0, 0.1) is 0 Å². The van der Waals surface area contributed by atoms with Crippen LogP contribution in [-0.2, 0) is 9.09 Å². The van der Waals surface area contributed by atoms with Crippen LogP contribution < -0.4 is 4.89 Å². The maximum Gasteiger partial charge on any atom is 0.207 e. The van der Waals surface area contributed by atoms with Crippen molar-refractivity contribution in [3.8, 4) is 0 Å². The molecule has 100 valence electrons. The largest absolute Gasteiger partial charge is 0.766 e. The van der Waals surface area contributed by atoms with Gasteiger partial charge >= 0.3 is 0 Å². The van der Waals surface area contributed by atoms with E-state index in [1.165, 1.54) is 4.67 Å². The van der Waals surface area contributed by atoms with Gasteiger partial charge in [0.15, 0.2) is 0 Å². The molecule has 0 bridgehead atoms. The lowest BCUT2D eigenvalue weighted by atomic mass is 10.2. The Kier molecular flexibility index (Phi) is 6.75. The van der Waals surface area contributed by atoms with Crippen LogP contribution in [0.5, 0.6) is 0 Å². The predicted octanol–water partition coefficient (Wildman–Crippen LogP) is 2.53. The van der Waals surface area contributed by atoms with Crippen LogP contribution >= 0.6 is 19.3 Å². The summed E-state index contributed by atoms with van der Waals surface area (Å²) < 4.78 is 18.3. The van der Waals surface area contributed by atoms with Gasteiger partial charge < -0.3 is 9.42 Å². The number of hydrogen-bond donors (Lipinski definition) is 0. The molecule has 4 nitrogen and oxygen atoms in total. The quantitative estimate of drug-likeness (QED) is 0.441. The second kappa shape index (κ2) is 7.55. The SMILES string of the molecule is CC=CC(Cl)COP(=O)([O-])N1CCCCCC1. The van der Waals surface area contributed by atoms with Gasteiger partial charge in [0.25, 0.3) is 0 Å². The Morgan fingerprint density at radius 3 is 2.53 bits per heavy atom. The lowest BCUT2D eigenvalue weighted by Crippen LogP contribution is -2.29. The first-order valence-corrected chi connectivity index (χ1v) is 7.97. The molecule has 2 atom stereocenters. The summed E-state index contributed by atoms with van der Waals surface area (Å²) in [5.41, 5.74) is 0. The summed E-state index contributed by atoms with van der Waals surface area (Å²) >= 11 is 5.87. The fourth-order valence-corrected chi connectivity index (χ4v) is 3.39. The first-order chi connectivity index (χ1) is 8.06. The molecule has 17 heavy (non-hydrogen) atoms. The molecule has 1 heterocycles. The maximum atomic E-state index is 11.9. The minimum atomic E-state index is -3.91. The highest BCUT2D eigenvalue weighted by Gasteiger charge is 2.21. The van der Waals surface area contributed by atoms with Crippen LogP contribution in [-0.4, -0.2) is 29.7 Å². The van der Waals surface area contributed by atoms with Gasteiger partial charge in [-0.2, -0.15) is 0 Å². The van der Waals surface area contributed by atoms with Crippen molar-refractivity contribution in [3.05, 3.63) is 12.2 Å². The summed E-state index contributed by atoms with van der Waals surface area (Å²) in [6.07, 6.45) is 7.50. The number of nitrogens with zero attached hydrogens (tertiary/aromatic N) is 1. The van der Waals surface area contributed by atoms with Crippen molar-refractivity contribution in [2.75, 3.05) is 19.7 Å². The summed E-state index contributed by atoms with van der Waals surface area (Å²) in [5.74, 6) is 0. The van der Waals surface area contributed by atoms with Gasteiger partial charge in [-0.05, 0) is 19.8 Å². The highest BCUT2D eigenvalue weighted by molar-refractivity contribution is 7.48. The van der Waals surface area contributed by atoms with Gasteiger partial charge in [0.1, 0.15) is 0 Å². The van der Waals surface area contributed by atoms with Crippen LogP contribution in [0.25, 0.3) is 0 Å². The second-order valence-electron chi connectivity index (χ2n) is 4.17. The number of rotatable bonds is 5. The van der Waals surface area contributed by atoms with Gasteiger partial charge in [-0.25, -0.2) is 4.67 Å². The lowest BCUT2D eigenvalue weighted by Gasteiger charge is -2.34. The van der Waals surface area contributed by atoms with Gasteiger partial charge in [0.2, 0.25) is 7.75 Å². The molecule has 1 fully saturated rings. The van der Waals surface area contributed by atoms with E-state index in [-0.39, 0.29) is 6.61 Å². The summed E-state index contributed by atoms with van der Waals surface area (Å²) in [6, 6.07) is 0. The van der Waals surface area contributed by atoms with Crippen molar-refractivity contribution in [2.24, 2.45) is 0 Å². The molecule has 1 aliphatic rings. The average Bonchev–Trinajstić information content (AvgIpc) is 2.56. The van der Waals surface area contributed by atoms with E-state index in [4.69, 9.17) is 16.1 Å². The van der Waals surface area contributed by atoms with Crippen molar-refractivity contribution >= 4 is 19.3 Å². The van der Waals surface area contributed by atoms with Crippen LogP contribution in [0.4, 0.5) is 0 Å². The van der Waals surface area contributed by atoms with Crippen molar-refractivity contribution < 1.29 is 14.0 Å². The summed E-state index contributed by atoms with van der Waals surface area (Å²) in [4.78, 5) is 11.9. The molecule has 0 spiro atoms. The van der Waals surface area contributed by atoms with Crippen molar-refractivity contribution in [1.29, 1.82) is 0 Å². The number of alkyl halides is 1. The molecular weight excluding hydrogens is 261 g/mol. The number of allylic oxidation sites excluding steroid dienone is 1. The highest BCUT2D eigenvalue weighted by Crippen LogP contribution is 2.43. The maximum absolute atomic E-state index is 11.9.